The molecule has 7 heteroatoms. The number of carbonyl (C=O) groups excluding carboxylic acids is 1. The predicted octanol–water partition coefficient (Wildman–Crippen LogP) is 5.65. The summed E-state index contributed by atoms with van der Waals surface area (Å²) in [6.45, 7) is 9.59. The molecule has 0 spiro atoms. The Balaban J connectivity index is 1.61. The molecule has 1 aromatic heterocycles. The summed E-state index contributed by atoms with van der Waals surface area (Å²) in [5.41, 5.74) is 2.58. The normalized spacial score (nSPS) is 11.9. The van der Waals surface area contributed by atoms with Crippen LogP contribution in [0.25, 0.3) is 11.3 Å². The van der Waals surface area contributed by atoms with Crippen molar-refractivity contribution >= 4 is 23.4 Å². The number of nitrogens with zero attached hydrogens (tertiary/aromatic N) is 2. The number of hydrogen-bond donors (Lipinski definition) is 1. The first kappa shape index (κ1) is 26.5. The monoisotopic (exact) mass is 493 g/mol. The molecular formula is C28H35N3O3S. The topological polar surface area (TPSA) is 73.2 Å². The van der Waals surface area contributed by atoms with Crippen LogP contribution in [0.2, 0.25) is 0 Å². The van der Waals surface area contributed by atoms with Crippen LogP contribution in [-0.4, -0.2) is 33.9 Å². The first-order valence-corrected chi connectivity index (χ1v) is 13.1. The Morgan fingerprint density at radius 2 is 1.80 bits per heavy atom. The second-order valence-electron chi connectivity index (χ2n) is 8.71. The van der Waals surface area contributed by atoms with E-state index in [0.717, 1.165) is 28.4 Å². The maximum Gasteiger partial charge on any atom is 0.319 e. The molecule has 35 heavy (non-hydrogen) atoms. The van der Waals surface area contributed by atoms with Crippen molar-refractivity contribution in [2.45, 2.75) is 57.2 Å². The number of benzene rings is 2. The highest BCUT2D eigenvalue weighted by Crippen LogP contribution is 2.29. The van der Waals surface area contributed by atoms with Gasteiger partial charge in [0.2, 0.25) is 0 Å². The van der Waals surface area contributed by atoms with Crippen LogP contribution in [0.3, 0.4) is 0 Å². The molecule has 0 saturated heterocycles. The zero-order valence-electron chi connectivity index (χ0n) is 21.0. The van der Waals surface area contributed by atoms with E-state index in [2.05, 4.69) is 19.2 Å². The maximum atomic E-state index is 12.8. The van der Waals surface area contributed by atoms with Gasteiger partial charge in [0.1, 0.15) is 11.1 Å². The average Bonchev–Trinajstić information content (AvgIpc) is 2.85. The van der Waals surface area contributed by atoms with Gasteiger partial charge in [0, 0.05) is 41.7 Å². The number of thioether (sulfide) groups is 1. The fourth-order valence-electron chi connectivity index (χ4n) is 3.80. The number of hydrogen-bond acceptors (Lipinski definition) is 6. The van der Waals surface area contributed by atoms with Crippen molar-refractivity contribution in [1.82, 2.24) is 9.55 Å². The van der Waals surface area contributed by atoms with Gasteiger partial charge in [-0.15, -0.1) is 11.8 Å². The Labute approximate surface area is 212 Å². The molecule has 3 aromatic rings. The van der Waals surface area contributed by atoms with Gasteiger partial charge in [-0.05, 0) is 43.5 Å². The second-order valence-corrected chi connectivity index (χ2v) is 9.98. The van der Waals surface area contributed by atoms with Crippen molar-refractivity contribution in [1.29, 1.82) is 0 Å². The molecule has 186 valence electrons. The minimum atomic E-state index is -0.209. The first-order valence-electron chi connectivity index (χ1n) is 12.2. The van der Waals surface area contributed by atoms with Gasteiger partial charge in [0.15, 0.2) is 0 Å². The highest BCUT2D eigenvalue weighted by atomic mass is 32.2. The van der Waals surface area contributed by atoms with E-state index in [1.807, 2.05) is 68.4 Å². The first-order chi connectivity index (χ1) is 16.9. The number of nitrogens with one attached hydrogen (secondary N) is 1. The van der Waals surface area contributed by atoms with E-state index < -0.39 is 0 Å². The smallest absolute Gasteiger partial charge is 0.319 e. The quantitative estimate of drug-likeness (QED) is 0.259. The Morgan fingerprint density at radius 3 is 2.43 bits per heavy atom. The molecule has 0 aliphatic carbocycles. The number of ether oxygens (including phenoxy) is 1. The molecule has 6 nitrogen and oxygen atoms in total. The highest BCUT2D eigenvalue weighted by Gasteiger charge is 2.22. The number of anilines is 1. The lowest BCUT2D eigenvalue weighted by Gasteiger charge is -2.17. The molecule has 0 amide bonds. The Bertz CT molecular complexity index is 1140. The summed E-state index contributed by atoms with van der Waals surface area (Å²) in [5.74, 6) is 1.03. The van der Waals surface area contributed by atoms with Crippen LogP contribution in [0.5, 0.6) is 0 Å². The third-order valence-electron chi connectivity index (χ3n) is 5.51. The van der Waals surface area contributed by atoms with Crippen LogP contribution in [0, 0.1) is 5.92 Å². The molecule has 1 N–H and O–H groups in total. The highest BCUT2D eigenvalue weighted by molar-refractivity contribution is 8.00. The van der Waals surface area contributed by atoms with Gasteiger partial charge in [-0.3, -0.25) is 14.2 Å². The van der Waals surface area contributed by atoms with Crippen molar-refractivity contribution in [3.8, 4) is 11.3 Å². The third kappa shape index (κ3) is 7.72. The van der Waals surface area contributed by atoms with E-state index in [4.69, 9.17) is 9.72 Å². The minimum Gasteiger partial charge on any atom is -0.465 e. The number of aromatic nitrogens is 2. The van der Waals surface area contributed by atoms with Gasteiger partial charge < -0.3 is 10.1 Å². The molecule has 0 fully saturated rings. The Morgan fingerprint density at radius 1 is 1.09 bits per heavy atom. The van der Waals surface area contributed by atoms with E-state index in [9.17, 15) is 9.59 Å². The van der Waals surface area contributed by atoms with E-state index >= 15 is 0 Å². The summed E-state index contributed by atoms with van der Waals surface area (Å²) in [5, 5.41) is 3.18. The van der Waals surface area contributed by atoms with Crippen molar-refractivity contribution in [2.24, 2.45) is 5.92 Å². The van der Waals surface area contributed by atoms with Gasteiger partial charge >= 0.3 is 5.97 Å². The molecule has 3 rings (SSSR count). The minimum absolute atomic E-state index is 0.0422. The van der Waals surface area contributed by atoms with Crippen LogP contribution in [0.4, 0.5) is 5.69 Å². The van der Waals surface area contributed by atoms with Crippen molar-refractivity contribution in [3.63, 3.8) is 0 Å². The second kappa shape index (κ2) is 13.1. The van der Waals surface area contributed by atoms with Crippen LogP contribution < -0.4 is 10.9 Å². The molecule has 0 radical (unpaired) electrons. The lowest BCUT2D eigenvalue weighted by atomic mass is 10.1. The van der Waals surface area contributed by atoms with E-state index in [-0.39, 0.29) is 16.8 Å². The Kier molecular flexibility index (Phi) is 9.97. The largest absolute Gasteiger partial charge is 0.465 e. The molecule has 0 bridgehead atoms. The zero-order chi connectivity index (χ0) is 25.2. The summed E-state index contributed by atoms with van der Waals surface area (Å²) < 4.78 is 6.99. The lowest BCUT2D eigenvalue weighted by Crippen LogP contribution is -2.27. The fraction of sp³-hybridized carbons (Fsp3) is 0.393. The summed E-state index contributed by atoms with van der Waals surface area (Å²) in [6, 6.07) is 19.4. The predicted molar refractivity (Wildman–Crippen MR) is 144 cm³/mol. The summed E-state index contributed by atoms with van der Waals surface area (Å²) >= 11 is 1.54. The van der Waals surface area contributed by atoms with Gasteiger partial charge in [-0.1, -0.05) is 51.1 Å². The van der Waals surface area contributed by atoms with Crippen molar-refractivity contribution < 1.29 is 9.53 Å². The van der Waals surface area contributed by atoms with Crippen LogP contribution in [0.15, 0.2) is 70.4 Å². The van der Waals surface area contributed by atoms with E-state index in [1.165, 1.54) is 0 Å². The van der Waals surface area contributed by atoms with Crippen molar-refractivity contribution in [3.05, 3.63) is 76.8 Å². The van der Waals surface area contributed by atoms with Gasteiger partial charge in [0.05, 0.1) is 12.3 Å². The maximum absolute atomic E-state index is 12.8. The number of rotatable bonds is 12. The summed E-state index contributed by atoms with van der Waals surface area (Å²) in [6.07, 6.45) is 1.45. The van der Waals surface area contributed by atoms with Crippen molar-refractivity contribution in [2.75, 3.05) is 18.5 Å². The van der Waals surface area contributed by atoms with Crippen LogP contribution in [-0.2, 0) is 22.5 Å². The number of carbonyl (C=O) groups is 1. The van der Waals surface area contributed by atoms with Gasteiger partial charge in [-0.2, -0.15) is 0 Å². The fourth-order valence-corrected chi connectivity index (χ4v) is 5.07. The van der Waals surface area contributed by atoms with Crippen LogP contribution in [0.1, 0.15) is 39.9 Å². The molecule has 0 aliphatic heterocycles. The molecular weight excluding hydrogens is 458 g/mol. The number of esters is 1. The zero-order valence-corrected chi connectivity index (χ0v) is 21.8. The van der Waals surface area contributed by atoms with Gasteiger partial charge in [-0.25, -0.2) is 4.98 Å². The molecule has 2 aromatic carbocycles. The summed E-state index contributed by atoms with van der Waals surface area (Å²) in [7, 11) is 0. The molecule has 1 heterocycles. The van der Waals surface area contributed by atoms with Crippen LogP contribution >= 0.6 is 11.8 Å². The standard InChI is InChI=1S/C28H35N3O3S/c1-5-26-30-24(21-10-8-7-9-11-21)19-27(32)31(26)17-16-29-22-12-14-23(15-13-22)35-25(18-20(3)4)28(33)34-6-2/h7-15,19-20,25,29H,5-6,16-18H2,1-4H3/t25-/m1/s1. The SMILES string of the molecule is CCOC(=O)[C@@H](CC(C)C)Sc1ccc(NCCn2c(CC)nc(-c3ccccc3)cc2=O)cc1. The average molecular weight is 494 g/mol. The molecule has 0 unspecified atom stereocenters. The lowest BCUT2D eigenvalue weighted by molar-refractivity contribution is -0.142. The van der Waals surface area contributed by atoms with E-state index in [1.54, 1.807) is 22.4 Å². The Hall–Kier alpha value is -3.06. The number of aryl methyl sites for hydroxylation is 1. The van der Waals surface area contributed by atoms with Gasteiger partial charge in [0.25, 0.3) is 5.56 Å². The summed E-state index contributed by atoms with van der Waals surface area (Å²) in [4.78, 5) is 30.9. The molecule has 1 atom stereocenters. The van der Waals surface area contributed by atoms with E-state index in [0.29, 0.717) is 37.7 Å². The molecule has 0 saturated carbocycles. The third-order valence-corrected chi connectivity index (χ3v) is 6.72. The molecule has 0 aliphatic rings.